The minimum atomic E-state index is -1.19. The summed E-state index contributed by atoms with van der Waals surface area (Å²) in [5.74, 6) is -1.19. The highest BCUT2D eigenvalue weighted by Gasteiger charge is 2.19. The molecule has 24 heavy (non-hydrogen) atoms. The largest absolute Gasteiger partial charge is 0.477 e. The fourth-order valence-corrected chi connectivity index (χ4v) is 4.44. The standard InChI is InChI=1S/C17H16N2O3S2/c1-4-19-8-12(16(21)22)15(20)11-6-5-10(7-13(11)19)14-9-24-17(23-3)18(14)2/h5-9H,4H2,1-3H3/p+1. The molecule has 1 N–H and O–H groups in total. The predicted molar refractivity (Wildman–Crippen MR) is 97.1 cm³/mol. The Labute approximate surface area is 147 Å². The van der Waals surface area contributed by atoms with Gasteiger partial charge in [-0.2, -0.15) is 4.57 Å². The van der Waals surface area contributed by atoms with Crippen molar-refractivity contribution in [2.45, 2.75) is 17.8 Å². The van der Waals surface area contributed by atoms with E-state index in [2.05, 4.69) is 9.95 Å². The molecule has 3 rings (SSSR count). The maximum Gasteiger partial charge on any atom is 0.341 e. The second-order valence-corrected chi connectivity index (χ2v) is 7.26. The molecule has 0 aliphatic carbocycles. The maximum absolute atomic E-state index is 12.4. The van der Waals surface area contributed by atoms with Gasteiger partial charge in [-0.3, -0.25) is 4.79 Å². The second-order valence-electron chi connectivity index (χ2n) is 5.34. The highest BCUT2D eigenvalue weighted by Crippen LogP contribution is 2.26. The molecule has 0 unspecified atom stereocenters. The minimum absolute atomic E-state index is 0.192. The summed E-state index contributed by atoms with van der Waals surface area (Å²) in [5, 5.41) is 11.8. The average molecular weight is 361 g/mol. The summed E-state index contributed by atoms with van der Waals surface area (Å²) < 4.78 is 5.13. The minimum Gasteiger partial charge on any atom is -0.477 e. The first kappa shape index (κ1) is 16.7. The Balaban J connectivity index is 2.28. The van der Waals surface area contributed by atoms with Crippen molar-refractivity contribution in [2.75, 3.05) is 6.26 Å². The van der Waals surface area contributed by atoms with Crippen LogP contribution in [-0.2, 0) is 13.6 Å². The molecule has 0 aliphatic rings. The van der Waals surface area contributed by atoms with Gasteiger partial charge in [0.1, 0.15) is 12.6 Å². The summed E-state index contributed by atoms with van der Waals surface area (Å²) in [7, 11) is 2.02. The SMILES string of the molecule is CCn1cc(C(=O)O)c(=O)c2ccc(-c3csc(SC)[n+]3C)cc21. The summed E-state index contributed by atoms with van der Waals surface area (Å²) >= 11 is 3.37. The Bertz CT molecular complexity index is 1000. The molecule has 0 saturated carbocycles. The lowest BCUT2D eigenvalue weighted by Crippen LogP contribution is -2.30. The van der Waals surface area contributed by atoms with Gasteiger partial charge in [-0.05, 0) is 43.1 Å². The number of rotatable bonds is 4. The van der Waals surface area contributed by atoms with E-state index in [1.807, 2.05) is 36.9 Å². The van der Waals surface area contributed by atoms with Crippen molar-refractivity contribution in [2.24, 2.45) is 7.05 Å². The Hall–Kier alpha value is -2.12. The summed E-state index contributed by atoms with van der Waals surface area (Å²) in [6.07, 6.45) is 3.47. The van der Waals surface area contributed by atoms with Crippen LogP contribution in [0.15, 0.2) is 38.9 Å². The molecule has 0 atom stereocenters. The third-order valence-corrected chi connectivity index (χ3v) is 6.26. The zero-order valence-electron chi connectivity index (χ0n) is 13.6. The van der Waals surface area contributed by atoms with Crippen LogP contribution in [0.3, 0.4) is 0 Å². The molecule has 5 nitrogen and oxygen atoms in total. The maximum atomic E-state index is 12.4. The lowest BCUT2D eigenvalue weighted by Gasteiger charge is -2.10. The number of fused-ring (bicyclic) bond motifs is 1. The van der Waals surface area contributed by atoms with E-state index in [4.69, 9.17) is 0 Å². The van der Waals surface area contributed by atoms with Gasteiger partial charge in [0.15, 0.2) is 0 Å². The number of aryl methyl sites for hydroxylation is 1. The van der Waals surface area contributed by atoms with E-state index in [-0.39, 0.29) is 5.56 Å². The number of carboxylic acids is 1. The smallest absolute Gasteiger partial charge is 0.341 e. The van der Waals surface area contributed by atoms with Crippen LogP contribution in [0.25, 0.3) is 22.2 Å². The molecule has 2 heterocycles. The van der Waals surface area contributed by atoms with Crippen LogP contribution in [0.1, 0.15) is 17.3 Å². The van der Waals surface area contributed by atoms with Crippen LogP contribution in [0.5, 0.6) is 0 Å². The van der Waals surface area contributed by atoms with Crippen molar-refractivity contribution in [3.8, 4) is 11.3 Å². The third-order valence-electron chi connectivity index (χ3n) is 4.03. The van der Waals surface area contributed by atoms with Crippen LogP contribution < -0.4 is 10.00 Å². The quantitative estimate of drug-likeness (QED) is 0.573. The first-order chi connectivity index (χ1) is 11.5. The number of hydrogen-bond donors (Lipinski definition) is 1. The summed E-state index contributed by atoms with van der Waals surface area (Å²) in [5.41, 5.74) is 2.20. The van der Waals surface area contributed by atoms with Crippen molar-refractivity contribution in [1.82, 2.24) is 4.57 Å². The monoisotopic (exact) mass is 361 g/mol. The molecule has 7 heteroatoms. The molecule has 0 amide bonds. The highest BCUT2D eigenvalue weighted by molar-refractivity contribution is 8.00. The first-order valence-electron chi connectivity index (χ1n) is 7.40. The number of pyridine rings is 1. The van der Waals surface area contributed by atoms with Gasteiger partial charge in [-0.1, -0.05) is 11.3 Å². The molecule has 124 valence electrons. The van der Waals surface area contributed by atoms with Gasteiger partial charge in [-0.15, -0.1) is 0 Å². The fourth-order valence-electron chi connectivity index (χ4n) is 2.77. The molecule has 0 spiro atoms. The number of thioether (sulfide) groups is 1. The average Bonchev–Trinajstić information content (AvgIpc) is 2.95. The van der Waals surface area contributed by atoms with Gasteiger partial charge in [0.25, 0.3) is 4.34 Å². The van der Waals surface area contributed by atoms with Crippen LogP contribution in [0.4, 0.5) is 0 Å². The van der Waals surface area contributed by atoms with Gasteiger partial charge in [0.05, 0.1) is 10.9 Å². The van der Waals surface area contributed by atoms with E-state index in [0.717, 1.165) is 16.8 Å². The molecular formula is C17H17N2O3S2+. The molecule has 0 fully saturated rings. The molecule has 1 aromatic carbocycles. The number of nitrogens with zero attached hydrogens (tertiary/aromatic N) is 2. The topological polar surface area (TPSA) is 63.2 Å². The van der Waals surface area contributed by atoms with Gasteiger partial charge in [0, 0.05) is 23.7 Å². The van der Waals surface area contributed by atoms with Crippen molar-refractivity contribution in [1.29, 1.82) is 0 Å². The lowest BCUT2D eigenvalue weighted by atomic mass is 10.1. The number of aromatic nitrogens is 2. The molecule has 2 aromatic heterocycles. The molecular weight excluding hydrogens is 344 g/mol. The second kappa shape index (κ2) is 6.41. The summed E-state index contributed by atoms with van der Waals surface area (Å²) in [4.78, 5) is 23.7. The Morgan fingerprint density at radius 3 is 2.75 bits per heavy atom. The normalized spacial score (nSPS) is 11.1. The molecule has 0 saturated heterocycles. The third kappa shape index (κ3) is 2.63. The summed E-state index contributed by atoms with van der Waals surface area (Å²) in [6, 6.07) is 5.56. The van der Waals surface area contributed by atoms with Crippen LogP contribution in [-0.4, -0.2) is 21.9 Å². The van der Waals surface area contributed by atoms with Crippen LogP contribution >= 0.6 is 23.1 Å². The van der Waals surface area contributed by atoms with Gasteiger partial charge in [-0.25, -0.2) is 4.79 Å². The van der Waals surface area contributed by atoms with Crippen molar-refractivity contribution in [3.63, 3.8) is 0 Å². The summed E-state index contributed by atoms with van der Waals surface area (Å²) in [6.45, 7) is 2.52. The number of thiazole rings is 1. The Morgan fingerprint density at radius 2 is 2.17 bits per heavy atom. The highest BCUT2D eigenvalue weighted by atomic mass is 32.2. The lowest BCUT2D eigenvalue weighted by molar-refractivity contribution is -0.691. The zero-order valence-corrected chi connectivity index (χ0v) is 15.2. The van der Waals surface area contributed by atoms with Crippen molar-refractivity contribution in [3.05, 3.63) is 45.6 Å². The predicted octanol–water partition coefficient (Wildman–Crippen LogP) is 2.99. The number of hydrogen-bond acceptors (Lipinski definition) is 4. The van der Waals surface area contributed by atoms with Crippen molar-refractivity contribution >= 4 is 40.0 Å². The number of carbonyl (C=O) groups is 1. The van der Waals surface area contributed by atoms with Crippen molar-refractivity contribution < 1.29 is 14.5 Å². The molecule has 0 radical (unpaired) electrons. The number of benzene rings is 1. The van der Waals surface area contributed by atoms with E-state index in [0.29, 0.717) is 11.9 Å². The Morgan fingerprint density at radius 1 is 1.42 bits per heavy atom. The van der Waals surface area contributed by atoms with Gasteiger partial charge in [0.2, 0.25) is 11.1 Å². The van der Waals surface area contributed by atoms with Gasteiger partial charge < -0.3 is 9.67 Å². The zero-order chi connectivity index (χ0) is 17.4. The Kier molecular flexibility index (Phi) is 4.47. The van der Waals surface area contributed by atoms with E-state index in [1.54, 1.807) is 29.2 Å². The van der Waals surface area contributed by atoms with Crippen LogP contribution in [0, 0.1) is 0 Å². The molecule has 3 aromatic rings. The van der Waals surface area contributed by atoms with E-state index < -0.39 is 11.4 Å². The number of carboxylic acid groups (broad SMARTS) is 1. The molecule has 0 bridgehead atoms. The number of aromatic carboxylic acids is 1. The fraction of sp³-hybridized carbons (Fsp3) is 0.235. The molecule has 0 aliphatic heterocycles. The van der Waals surface area contributed by atoms with E-state index in [9.17, 15) is 14.7 Å². The first-order valence-corrected chi connectivity index (χ1v) is 9.50. The van der Waals surface area contributed by atoms with E-state index >= 15 is 0 Å². The van der Waals surface area contributed by atoms with Gasteiger partial charge >= 0.3 is 5.97 Å². The van der Waals surface area contributed by atoms with Crippen LogP contribution in [0.2, 0.25) is 0 Å². The van der Waals surface area contributed by atoms with E-state index in [1.165, 1.54) is 10.5 Å².